The molecule has 0 aliphatic heterocycles. The van der Waals surface area contributed by atoms with E-state index in [1.165, 1.54) is 23.0 Å². The van der Waals surface area contributed by atoms with Crippen molar-refractivity contribution in [3.05, 3.63) is 59.9 Å². The third-order valence-electron chi connectivity index (χ3n) is 4.34. The Kier molecular flexibility index (Phi) is 6.61. The number of hydrogen-bond donors (Lipinski definition) is 3. The van der Waals surface area contributed by atoms with Crippen LogP contribution >= 0.6 is 0 Å². The van der Waals surface area contributed by atoms with Crippen molar-refractivity contribution in [3.8, 4) is 11.4 Å². The normalized spacial score (nSPS) is 11.0. The fourth-order valence-corrected chi connectivity index (χ4v) is 2.90. The Labute approximate surface area is 184 Å². The molecule has 10 nitrogen and oxygen atoms in total. The van der Waals surface area contributed by atoms with Crippen LogP contribution in [0, 0.1) is 0 Å². The van der Waals surface area contributed by atoms with Crippen LogP contribution in [0.1, 0.15) is 22.3 Å². The molecular formula is C20H16F3N5O5. The van der Waals surface area contributed by atoms with Crippen molar-refractivity contribution in [3.63, 3.8) is 0 Å². The third-order valence-corrected chi connectivity index (χ3v) is 4.34. The van der Waals surface area contributed by atoms with Crippen LogP contribution in [-0.4, -0.2) is 45.0 Å². The largest absolute Gasteiger partial charge is 0.496 e. The molecule has 3 aromatic rings. The van der Waals surface area contributed by atoms with Crippen molar-refractivity contribution in [2.24, 2.45) is 0 Å². The van der Waals surface area contributed by atoms with E-state index in [-0.39, 0.29) is 11.3 Å². The standard InChI is InChI=1S/C20H16F3N5O5/c1-33-17-9-15(26-19(31)32)14(8-13(17)20(21,22)23)25-18(30)10-16(29)11-3-2-4-12(7-11)28-6-5-24-27-28/h2-9,26H,10H2,1H3,(H,25,30)(H,31,32). The van der Waals surface area contributed by atoms with Crippen LogP contribution in [0.2, 0.25) is 0 Å². The molecule has 0 spiro atoms. The summed E-state index contributed by atoms with van der Waals surface area (Å²) in [5.41, 5.74) is -1.41. The Morgan fingerprint density at radius 3 is 2.45 bits per heavy atom. The molecule has 2 aromatic carbocycles. The van der Waals surface area contributed by atoms with Gasteiger partial charge < -0.3 is 15.2 Å². The number of Topliss-reactive ketones (excluding diaryl/α,β-unsaturated/α-hetero) is 1. The average Bonchev–Trinajstić information content (AvgIpc) is 3.28. The average molecular weight is 463 g/mol. The van der Waals surface area contributed by atoms with E-state index in [2.05, 4.69) is 20.4 Å². The van der Waals surface area contributed by atoms with Crippen LogP contribution in [0.4, 0.5) is 29.3 Å². The van der Waals surface area contributed by atoms with Gasteiger partial charge in [-0.05, 0) is 18.2 Å². The highest BCUT2D eigenvalue weighted by Gasteiger charge is 2.35. The summed E-state index contributed by atoms with van der Waals surface area (Å²) in [6.07, 6.45) is -4.14. The molecule has 0 fully saturated rings. The van der Waals surface area contributed by atoms with E-state index in [4.69, 9.17) is 5.11 Å². The van der Waals surface area contributed by atoms with Crippen LogP contribution < -0.4 is 15.4 Å². The smallest absolute Gasteiger partial charge is 0.420 e. The van der Waals surface area contributed by atoms with Gasteiger partial charge in [-0.2, -0.15) is 13.2 Å². The van der Waals surface area contributed by atoms with E-state index in [1.807, 2.05) is 5.32 Å². The van der Waals surface area contributed by atoms with Gasteiger partial charge in [-0.3, -0.25) is 14.9 Å². The second-order valence-electron chi connectivity index (χ2n) is 6.57. The molecule has 0 aliphatic carbocycles. The predicted octanol–water partition coefficient (Wildman–Crippen LogP) is 3.60. The number of carbonyl (C=O) groups is 3. The SMILES string of the molecule is COc1cc(NC(=O)O)c(NC(=O)CC(=O)c2cccc(-n3ccnn3)c2)cc1C(F)(F)F. The van der Waals surface area contributed by atoms with Gasteiger partial charge in [-0.15, -0.1) is 5.10 Å². The molecule has 0 radical (unpaired) electrons. The molecule has 0 saturated carbocycles. The number of nitrogens with zero attached hydrogens (tertiary/aromatic N) is 3. The van der Waals surface area contributed by atoms with E-state index in [0.717, 1.165) is 13.2 Å². The number of hydrogen-bond acceptors (Lipinski definition) is 6. The van der Waals surface area contributed by atoms with E-state index in [9.17, 15) is 27.6 Å². The first kappa shape index (κ1) is 23.2. The third kappa shape index (κ3) is 5.64. The first-order chi connectivity index (χ1) is 15.6. The molecule has 0 unspecified atom stereocenters. The number of nitrogens with one attached hydrogen (secondary N) is 2. The summed E-state index contributed by atoms with van der Waals surface area (Å²) < 4.78 is 46.1. The molecule has 0 bridgehead atoms. The topological polar surface area (TPSA) is 135 Å². The van der Waals surface area contributed by atoms with Crippen molar-refractivity contribution >= 4 is 29.2 Å². The number of anilines is 2. The number of carboxylic acid groups (broad SMARTS) is 1. The van der Waals surface area contributed by atoms with E-state index >= 15 is 0 Å². The maximum absolute atomic E-state index is 13.3. The van der Waals surface area contributed by atoms with Gasteiger partial charge in [-0.1, -0.05) is 17.3 Å². The molecule has 3 N–H and O–H groups in total. The van der Waals surface area contributed by atoms with Crippen molar-refractivity contribution in [2.45, 2.75) is 12.6 Å². The molecule has 2 amide bonds. The summed E-state index contributed by atoms with van der Waals surface area (Å²) in [6, 6.07) is 7.47. The minimum atomic E-state index is -4.84. The zero-order chi connectivity index (χ0) is 24.2. The second-order valence-corrected chi connectivity index (χ2v) is 6.57. The van der Waals surface area contributed by atoms with Gasteiger partial charge >= 0.3 is 12.3 Å². The quantitative estimate of drug-likeness (QED) is 0.360. The van der Waals surface area contributed by atoms with Crippen LogP contribution in [0.25, 0.3) is 5.69 Å². The number of halogens is 3. The maximum atomic E-state index is 13.3. The second kappa shape index (κ2) is 9.38. The lowest BCUT2D eigenvalue weighted by Crippen LogP contribution is -2.20. The van der Waals surface area contributed by atoms with Gasteiger partial charge in [0.15, 0.2) is 5.78 Å². The molecule has 3 rings (SSSR count). The monoisotopic (exact) mass is 463 g/mol. The number of ether oxygens (including phenoxy) is 1. The first-order valence-corrected chi connectivity index (χ1v) is 9.17. The number of benzene rings is 2. The summed E-state index contributed by atoms with van der Waals surface area (Å²) in [6.45, 7) is 0. The van der Waals surface area contributed by atoms with Crippen LogP contribution in [0.15, 0.2) is 48.8 Å². The van der Waals surface area contributed by atoms with Gasteiger partial charge in [-0.25, -0.2) is 9.48 Å². The Morgan fingerprint density at radius 2 is 1.85 bits per heavy atom. The summed E-state index contributed by atoms with van der Waals surface area (Å²) >= 11 is 0. The molecule has 172 valence electrons. The van der Waals surface area contributed by atoms with Crippen molar-refractivity contribution in [1.29, 1.82) is 0 Å². The van der Waals surface area contributed by atoms with Gasteiger partial charge in [0.2, 0.25) is 5.91 Å². The van der Waals surface area contributed by atoms with Crippen molar-refractivity contribution in [1.82, 2.24) is 15.0 Å². The van der Waals surface area contributed by atoms with Gasteiger partial charge in [0, 0.05) is 11.6 Å². The molecule has 0 saturated heterocycles. The highest BCUT2D eigenvalue weighted by atomic mass is 19.4. The fraction of sp³-hybridized carbons (Fsp3) is 0.150. The van der Waals surface area contributed by atoms with E-state index < -0.39 is 47.4 Å². The Hall–Kier alpha value is -4.42. The molecule has 0 aliphatic rings. The fourth-order valence-electron chi connectivity index (χ4n) is 2.90. The zero-order valence-corrected chi connectivity index (χ0v) is 16.9. The molecule has 0 atom stereocenters. The van der Waals surface area contributed by atoms with Crippen LogP contribution in [0.3, 0.4) is 0 Å². The van der Waals surface area contributed by atoms with Crippen LogP contribution in [-0.2, 0) is 11.0 Å². The number of ketones is 1. The Morgan fingerprint density at radius 1 is 1.12 bits per heavy atom. The van der Waals surface area contributed by atoms with Gasteiger partial charge in [0.1, 0.15) is 5.75 Å². The Balaban J connectivity index is 1.84. The molecule has 1 heterocycles. The highest BCUT2D eigenvalue weighted by molar-refractivity contribution is 6.12. The van der Waals surface area contributed by atoms with Gasteiger partial charge in [0.25, 0.3) is 0 Å². The zero-order valence-electron chi connectivity index (χ0n) is 16.9. The summed E-state index contributed by atoms with van der Waals surface area (Å²) in [5.74, 6) is -2.21. The maximum Gasteiger partial charge on any atom is 0.420 e. The number of alkyl halides is 3. The summed E-state index contributed by atoms with van der Waals surface area (Å²) in [7, 11) is 0.986. The first-order valence-electron chi connectivity index (χ1n) is 9.17. The van der Waals surface area contributed by atoms with Crippen molar-refractivity contribution < 1.29 is 37.4 Å². The van der Waals surface area contributed by atoms with Gasteiger partial charge in [0.05, 0.1) is 48.5 Å². The number of aromatic nitrogens is 3. The number of amides is 2. The summed E-state index contributed by atoms with van der Waals surface area (Å²) in [5, 5.41) is 20.5. The Bertz CT molecular complexity index is 1200. The number of carbonyl (C=O) groups excluding carboxylic acids is 2. The minimum Gasteiger partial charge on any atom is -0.496 e. The molecule has 33 heavy (non-hydrogen) atoms. The van der Waals surface area contributed by atoms with Crippen molar-refractivity contribution in [2.75, 3.05) is 17.7 Å². The van der Waals surface area contributed by atoms with E-state index in [0.29, 0.717) is 11.8 Å². The molecule has 13 heteroatoms. The predicted molar refractivity (Wildman–Crippen MR) is 109 cm³/mol. The molecular weight excluding hydrogens is 447 g/mol. The van der Waals surface area contributed by atoms with E-state index in [1.54, 1.807) is 18.3 Å². The summed E-state index contributed by atoms with van der Waals surface area (Å²) in [4.78, 5) is 36.0. The lowest BCUT2D eigenvalue weighted by Gasteiger charge is -2.17. The lowest BCUT2D eigenvalue weighted by molar-refractivity contribution is -0.138. The minimum absolute atomic E-state index is 0.160. The molecule has 1 aromatic heterocycles. The highest BCUT2D eigenvalue weighted by Crippen LogP contribution is 2.41. The lowest BCUT2D eigenvalue weighted by atomic mass is 10.1. The van der Waals surface area contributed by atoms with Crippen LogP contribution in [0.5, 0.6) is 5.75 Å². The number of rotatable bonds is 7. The number of methoxy groups -OCH3 is 1.